The summed E-state index contributed by atoms with van der Waals surface area (Å²) in [6.07, 6.45) is 5.22. The van der Waals surface area contributed by atoms with Crippen molar-refractivity contribution in [2.75, 3.05) is 12.8 Å². The predicted octanol–water partition coefficient (Wildman–Crippen LogP) is 1.94. The third-order valence-electron chi connectivity index (χ3n) is 4.28. The molecular weight excluding hydrogens is 312 g/mol. The van der Waals surface area contributed by atoms with E-state index in [2.05, 4.69) is 17.4 Å². The van der Waals surface area contributed by atoms with Crippen molar-refractivity contribution in [3.8, 4) is 0 Å². The van der Waals surface area contributed by atoms with Gasteiger partial charge in [0.1, 0.15) is 6.04 Å². The van der Waals surface area contributed by atoms with Crippen LogP contribution < -0.4 is 5.32 Å². The van der Waals surface area contributed by atoms with Crippen LogP contribution in [0.2, 0.25) is 0 Å². The molecule has 1 aliphatic rings. The fraction of sp³-hybridized carbons (Fsp3) is 0.588. The topological polar surface area (TPSA) is 66.5 Å². The fourth-order valence-electron chi connectivity index (χ4n) is 3.00. The van der Waals surface area contributed by atoms with E-state index >= 15 is 0 Å². The maximum atomic E-state index is 12.5. The Kier molecular flexibility index (Phi) is 6.18. The summed E-state index contributed by atoms with van der Waals surface area (Å²) < 4.78 is 25.0. The van der Waals surface area contributed by atoms with Crippen LogP contribution in [0.3, 0.4) is 0 Å². The molecule has 23 heavy (non-hydrogen) atoms. The van der Waals surface area contributed by atoms with Crippen molar-refractivity contribution in [1.82, 2.24) is 9.62 Å². The highest BCUT2D eigenvalue weighted by Gasteiger charge is 2.34. The van der Waals surface area contributed by atoms with Gasteiger partial charge >= 0.3 is 0 Å². The summed E-state index contributed by atoms with van der Waals surface area (Å²) in [5.41, 5.74) is 1.24. The average Bonchev–Trinajstić information content (AvgIpc) is 2.53. The van der Waals surface area contributed by atoms with E-state index in [1.807, 2.05) is 25.1 Å². The summed E-state index contributed by atoms with van der Waals surface area (Å²) in [5, 5.41) is 2.98. The van der Waals surface area contributed by atoms with E-state index < -0.39 is 16.1 Å². The van der Waals surface area contributed by atoms with Gasteiger partial charge < -0.3 is 5.32 Å². The molecule has 0 aliphatic carbocycles. The summed E-state index contributed by atoms with van der Waals surface area (Å²) in [6, 6.07) is 9.60. The van der Waals surface area contributed by atoms with Gasteiger partial charge in [0.25, 0.3) is 0 Å². The number of carbonyl (C=O) groups is 1. The van der Waals surface area contributed by atoms with Gasteiger partial charge in [0, 0.05) is 12.6 Å². The molecule has 1 fully saturated rings. The van der Waals surface area contributed by atoms with E-state index in [4.69, 9.17) is 0 Å². The van der Waals surface area contributed by atoms with Crippen molar-refractivity contribution in [3.05, 3.63) is 35.9 Å². The van der Waals surface area contributed by atoms with Gasteiger partial charge in [-0.05, 0) is 38.2 Å². The van der Waals surface area contributed by atoms with Crippen molar-refractivity contribution >= 4 is 15.9 Å². The SMILES string of the molecule is C[C@H](CCc1ccccc1)NC(=O)[C@H]1CCCCN1S(C)(=O)=O. The highest BCUT2D eigenvalue weighted by molar-refractivity contribution is 7.88. The monoisotopic (exact) mass is 338 g/mol. The van der Waals surface area contributed by atoms with E-state index in [0.717, 1.165) is 25.7 Å². The Bertz CT molecular complexity index is 616. The van der Waals surface area contributed by atoms with E-state index in [-0.39, 0.29) is 11.9 Å². The summed E-state index contributed by atoms with van der Waals surface area (Å²) in [6.45, 7) is 2.41. The van der Waals surface area contributed by atoms with Gasteiger partial charge in [-0.3, -0.25) is 4.79 Å². The molecule has 0 radical (unpaired) electrons. The van der Waals surface area contributed by atoms with Gasteiger partial charge in [-0.2, -0.15) is 4.31 Å². The maximum absolute atomic E-state index is 12.5. The zero-order valence-corrected chi connectivity index (χ0v) is 14.7. The van der Waals surface area contributed by atoms with E-state index in [9.17, 15) is 13.2 Å². The van der Waals surface area contributed by atoms with Gasteiger partial charge in [-0.15, -0.1) is 0 Å². The molecule has 1 saturated heterocycles. The molecular formula is C17H26N2O3S. The van der Waals surface area contributed by atoms with Crippen LogP contribution >= 0.6 is 0 Å². The molecule has 1 amide bonds. The van der Waals surface area contributed by atoms with Crippen LogP contribution in [-0.4, -0.2) is 43.5 Å². The van der Waals surface area contributed by atoms with Gasteiger partial charge in [-0.25, -0.2) is 8.42 Å². The lowest BCUT2D eigenvalue weighted by Crippen LogP contribution is -2.53. The summed E-state index contributed by atoms with van der Waals surface area (Å²) in [5.74, 6) is -0.171. The molecule has 1 aromatic carbocycles. The van der Waals surface area contributed by atoms with Crippen molar-refractivity contribution in [1.29, 1.82) is 0 Å². The number of rotatable bonds is 6. The third-order valence-corrected chi connectivity index (χ3v) is 5.57. The quantitative estimate of drug-likeness (QED) is 0.862. The molecule has 6 heteroatoms. The number of benzene rings is 1. The van der Waals surface area contributed by atoms with E-state index in [1.165, 1.54) is 16.1 Å². The largest absolute Gasteiger partial charge is 0.352 e. The first-order valence-electron chi connectivity index (χ1n) is 8.19. The first-order chi connectivity index (χ1) is 10.9. The number of nitrogens with zero attached hydrogens (tertiary/aromatic N) is 1. The molecule has 1 heterocycles. The molecule has 0 bridgehead atoms. The Hall–Kier alpha value is -1.40. The van der Waals surface area contributed by atoms with E-state index in [0.29, 0.717) is 13.0 Å². The van der Waals surface area contributed by atoms with Crippen LogP contribution in [-0.2, 0) is 21.2 Å². The highest BCUT2D eigenvalue weighted by atomic mass is 32.2. The highest BCUT2D eigenvalue weighted by Crippen LogP contribution is 2.20. The lowest BCUT2D eigenvalue weighted by molar-refractivity contribution is -0.126. The van der Waals surface area contributed by atoms with Crippen LogP contribution in [0.4, 0.5) is 0 Å². The van der Waals surface area contributed by atoms with Crippen LogP contribution in [0.5, 0.6) is 0 Å². The van der Waals surface area contributed by atoms with Crippen molar-refractivity contribution in [3.63, 3.8) is 0 Å². The zero-order valence-electron chi connectivity index (χ0n) is 13.9. The Balaban J connectivity index is 1.89. The second kappa shape index (κ2) is 7.93. The first kappa shape index (κ1) is 17.9. The smallest absolute Gasteiger partial charge is 0.238 e. The number of aryl methyl sites for hydroxylation is 1. The van der Waals surface area contributed by atoms with Gasteiger partial charge in [-0.1, -0.05) is 36.8 Å². The molecule has 0 aromatic heterocycles. The molecule has 0 unspecified atom stereocenters. The Morgan fingerprint density at radius 1 is 1.30 bits per heavy atom. The molecule has 1 aliphatic heterocycles. The Morgan fingerprint density at radius 2 is 2.00 bits per heavy atom. The molecule has 1 N–H and O–H groups in total. The minimum atomic E-state index is -3.34. The Morgan fingerprint density at radius 3 is 2.65 bits per heavy atom. The molecule has 0 saturated carbocycles. The average molecular weight is 338 g/mol. The lowest BCUT2D eigenvalue weighted by atomic mass is 10.0. The molecule has 0 spiro atoms. The number of nitrogens with one attached hydrogen (secondary N) is 1. The fourth-order valence-corrected chi connectivity index (χ4v) is 4.13. The van der Waals surface area contributed by atoms with Crippen molar-refractivity contribution in [2.24, 2.45) is 0 Å². The normalized spacial score (nSPS) is 20.9. The molecule has 2 rings (SSSR count). The minimum Gasteiger partial charge on any atom is -0.352 e. The summed E-state index contributed by atoms with van der Waals surface area (Å²) >= 11 is 0. The summed E-state index contributed by atoms with van der Waals surface area (Å²) in [4.78, 5) is 12.5. The van der Waals surface area contributed by atoms with Crippen molar-refractivity contribution in [2.45, 2.75) is 51.1 Å². The number of piperidine rings is 1. The van der Waals surface area contributed by atoms with Crippen molar-refractivity contribution < 1.29 is 13.2 Å². The number of carbonyl (C=O) groups excluding carboxylic acids is 1. The number of hydrogen-bond donors (Lipinski definition) is 1. The second-order valence-electron chi connectivity index (χ2n) is 6.32. The number of hydrogen-bond acceptors (Lipinski definition) is 3. The van der Waals surface area contributed by atoms with Crippen LogP contribution in [0.1, 0.15) is 38.2 Å². The molecule has 128 valence electrons. The minimum absolute atomic E-state index is 0.0195. The standard InChI is InChI=1S/C17H26N2O3S/c1-14(11-12-15-8-4-3-5-9-15)18-17(20)16-10-6-7-13-19(16)23(2,21)22/h3-5,8-9,14,16H,6-7,10-13H2,1-2H3,(H,18,20)/t14-,16-/m1/s1. The maximum Gasteiger partial charge on any atom is 0.238 e. The van der Waals surface area contributed by atoms with Crippen LogP contribution in [0.25, 0.3) is 0 Å². The van der Waals surface area contributed by atoms with Gasteiger partial charge in [0.15, 0.2) is 0 Å². The summed E-state index contributed by atoms with van der Waals surface area (Å²) in [7, 11) is -3.34. The first-order valence-corrected chi connectivity index (χ1v) is 10.0. The zero-order chi connectivity index (χ0) is 16.9. The molecule has 1 aromatic rings. The number of sulfonamides is 1. The van der Waals surface area contributed by atoms with Gasteiger partial charge in [0.2, 0.25) is 15.9 Å². The number of amides is 1. The van der Waals surface area contributed by atoms with E-state index in [1.54, 1.807) is 0 Å². The van der Waals surface area contributed by atoms with Gasteiger partial charge in [0.05, 0.1) is 6.26 Å². The lowest BCUT2D eigenvalue weighted by Gasteiger charge is -2.33. The third kappa shape index (κ3) is 5.32. The molecule has 5 nitrogen and oxygen atoms in total. The van der Waals surface area contributed by atoms with Crippen LogP contribution in [0.15, 0.2) is 30.3 Å². The Labute approximate surface area is 139 Å². The predicted molar refractivity (Wildman–Crippen MR) is 91.6 cm³/mol. The second-order valence-corrected chi connectivity index (χ2v) is 8.25. The van der Waals surface area contributed by atoms with Crippen LogP contribution in [0, 0.1) is 0 Å². The molecule has 2 atom stereocenters.